The van der Waals surface area contributed by atoms with E-state index in [0.717, 1.165) is 38.5 Å². The van der Waals surface area contributed by atoms with Gasteiger partial charge in [-0.25, -0.2) is 0 Å². The van der Waals surface area contributed by atoms with Crippen LogP contribution in [0, 0.1) is 0 Å². The molecule has 1 aromatic rings. The Morgan fingerprint density at radius 2 is 1.91 bits per heavy atom. The van der Waals surface area contributed by atoms with Gasteiger partial charge in [0.05, 0.1) is 6.04 Å². The molecule has 5 heteroatoms. The van der Waals surface area contributed by atoms with E-state index in [1.165, 1.54) is 0 Å². The zero-order chi connectivity index (χ0) is 15.8. The van der Waals surface area contributed by atoms with E-state index in [2.05, 4.69) is 15.1 Å². The quantitative estimate of drug-likeness (QED) is 0.822. The molecule has 1 aliphatic rings. The molecule has 0 aromatic heterocycles. The summed E-state index contributed by atoms with van der Waals surface area (Å²) < 4.78 is 5.73. The first kappa shape index (κ1) is 16.8. The molecule has 0 unspecified atom stereocenters. The molecule has 5 nitrogen and oxygen atoms in total. The molecular formula is C17H27N3O2. The Labute approximate surface area is 133 Å². The maximum Gasteiger partial charge on any atom is 0.237 e. The fourth-order valence-electron chi connectivity index (χ4n) is 2.67. The highest BCUT2D eigenvalue weighted by Crippen LogP contribution is 2.09. The Morgan fingerprint density at radius 3 is 2.55 bits per heavy atom. The Hall–Kier alpha value is -1.59. The minimum Gasteiger partial charge on any atom is -0.492 e. The maximum absolute atomic E-state index is 11.9. The molecule has 1 amide bonds. The summed E-state index contributed by atoms with van der Waals surface area (Å²) in [6, 6.07) is 9.87. The summed E-state index contributed by atoms with van der Waals surface area (Å²) >= 11 is 0. The van der Waals surface area contributed by atoms with Gasteiger partial charge in [0.15, 0.2) is 0 Å². The number of nitrogens with zero attached hydrogens (tertiary/aromatic N) is 2. The number of nitrogens with one attached hydrogen (secondary N) is 1. The normalized spacial score (nSPS) is 17.9. The van der Waals surface area contributed by atoms with Crippen molar-refractivity contribution >= 4 is 5.91 Å². The van der Waals surface area contributed by atoms with Gasteiger partial charge in [-0.2, -0.15) is 0 Å². The van der Waals surface area contributed by atoms with Gasteiger partial charge in [-0.05, 0) is 26.0 Å². The molecule has 0 aliphatic carbocycles. The number of hydrogen-bond acceptors (Lipinski definition) is 4. The van der Waals surface area contributed by atoms with Gasteiger partial charge in [0, 0.05) is 39.3 Å². The summed E-state index contributed by atoms with van der Waals surface area (Å²) in [6.07, 6.45) is 0. The topological polar surface area (TPSA) is 44.8 Å². The van der Waals surface area contributed by atoms with Gasteiger partial charge < -0.3 is 10.1 Å². The molecule has 1 atom stereocenters. The molecule has 122 valence electrons. The monoisotopic (exact) mass is 305 g/mol. The smallest absolute Gasteiger partial charge is 0.237 e. The molecule has 22 heavy (non-hydrogen) atoms. The highest BCUT2D eigenvalue weighted by atomic mass is 16.5. The van der Waals surface area contributed by atoms with Crippen LogP contribution in [0.4, 0.5) is 0 Å². The summed E-state index contributed by atoms with van der Waals surface area (Å²) in [4.78, 5) is 16.5. The van der Waals surface area contributed by atoms with Gasteiger partial charge in [-0.15, -0.1) is 0 Å². The second kappa shape index (κ2) is 8.76. The van der Waals surface area contributed by atoms with Gasteiger partial charge in [-0.3, -0.25) is 14.6 Å². The zero-order valence-electron chi connectivity index (χ0n) is 13.6. The first-order chi connectivity index (χ1) is 10.7. The molecule has 1 saturated heterocycles. The molecule has 1 aliphatic heterocycles. The average Bonchev–Trinajstić information content (AvgIpc) is 2.56. The van der Waals surface area contributed by atoms with Crippen LogP contribution in [-0.4, -0.2) is 67.6 Å². The van der Waals surface area contributed by atoms with Crippen molar-refractivity contribution in [3.05, 3.63) is 30.3 Å². The number of piperazine rings is 1. The van der Waals surface area contributed by atoms with Crippen LogP contribution in [0.15, 0.2) is 30.3 Å². The maximum atomic E-state index is 11.9. The van der Waals surface area contributed by atoms with Gasteiger partial charge >= 0.3 is 0 Å². The standard InChI is InChI=1S/C17H27N3O2/c1-3-18-17(21)15(2)20-11-9-19(10-12-20)13-14-22-16-7-5-4-6-8-16/h4-8,15H,3,9-14H2,1-2H3,(H,18,21)/t15-/m0/s1. The van der Waals surface area contributed by atoms with Crippen molar-refractivity contribution in [2.75, 3.05) is 45.9 Å². The zero-order valence-corrected chi connectivity index (χ0v) is 13.6. The minimum absolute atomic E-state index is 0.0392. The third-order valence-corrected chi connectivity index (χ3v) is 4.10. The van der Waals surface area contributed by atoms with E-state index in [0.29, 0.717) is 13.2 Å². The van der Waals surface area contributed by atoms with Crippen LogP contribution in [0.3, 0.4) is 0 Å². The average molecular weight is 305 g/mol. The summed E-state index contributed by atoms with van der Waals surface area (Å²) in [5.74, 6) is 1.05. The second-order valence-corrected chi connectivity index (χ2v) is 5.61. The number of rotatable bonds is 7. The molecule has 0 saturated carbocycles. The van der Waals surface area contributed by atoms with Crippen molar-refractivity contribution in [2.45, 2.75) is 19.9 Å². The molecule has 0 spiro atoms. The van der Waals surface area contributed by atoms with E-state index >= 15 is 0 Å². The van der Waals surface area contributed by atoms with Crippen molar-refractivity contribution in [3.8, 4) is 5.75 Å². The van der Waals surface area contributed by atoms with Crippen LogP contribution in [0.5, 0.6) is 5.75 Å². The number of ether oxygens (including phenoxy) is 1. The van der Waals surface area contributed by atoms with Gasteiger partial charge in [0.25, 0.3) is 0 Å². The number of amides is 1. The molecule has 2 rings (SSSR count). The molecule has 1 aromatic carbocycles. The predicted octanol–water partition coefficient (Wildman–Crippen LogP) is 1.21. The van der Waals surface area contributed by atoms with E-state index in [1.54, 1.807) is 0 Å². The largest absolute Gasteiger partial charge is 0.492 e. The fourth-order valence-corrected chi connectivity index (χ4v) is 2.67. The van der Waals surface area contributed by atoms with Crippen molar-refractivity contribution in [2.24, 2.45) is 0 Å². The Balaban J connectivity index is 1.65. The fraction of sp³-hybridized carbons (Fsp3) is 0.588. The first-order valence-electron chi connectivity index (χ1n) is 8.12. The molecule has 1 fully saturated rings. The minimum atomic E-state index is -0.0392. The van der Waals surface area contributed by atoms with Gasteiger partial charge in [0.1, 0.15) is 12.4 Å². The highest BCUT2D eigenvalue weighted by Gasteiger charge is 2.24. The summed E-state index contributed by atoms with van der Waals surface area (Å²) in [5, 5.41) is 2.89. The second-order valence-electron chi connectivity index (χ2n) is 5.61. The van der Waals surface area contributed by atoms with Crippen molar-refractivity contribution < 1.29 is 9.53 Å². The number of likely N-dealkylation sites (N-methyl/N-ethyl adjacent to an activating group) is 1. The number of benzene rings is 1. The van der Waals surface area contributed by atoms with Crippen molar-refractivity contribution in [1.82, 2.24) is 15.1 Å². The molecule has 1 N–H and O–H groups in total. The lowest BCUT2D eigenvalue weighted by Gasteiger charge is -2.37. The van der Waals surface area contributed by atoms with Crippen LogP contribution in [-0.2, 0) is 4.79 Å². The number of carbonyl (C=O) groups excluding carboxylic acids is 1. The van der Waals surface area contributed by atoms with Crippen molar-refractivity contribution in [3.63, 3.8) is 0 Å². The van der Waals surface area contributed by atoms with E-state index in [4.69, 9.17) is 4.74 Å². The van der Waals surface area contributed by atoms with E-state index in [1.807, 2.05) is 44.2 Å². The van der Waals surface area contributed by atoms with Crippen LogP contribution >= 0.6 is 0 Å². The third-order valence-electron chi connectivity index (χ3n) is 4.10. The molecule has 0 radical (unpaired) electrons. The predicted molar refractivity (Wildman–Crippen MR) is 88.1 cm³/mol. The van der Waals surface area contributed by atoms with Gasteiger partial charge in [0.2, 0.25) is 5.91 Å². The molecular weight excluding hydrogens is 278 g/mol. The Bertz CT molecular complexity index is 444. The molecule has 1 heterocycles. The first-order valence-corrected chi connectivity index (χ1v) is 8.12. The van der Waals surface area contributed by atoms with Crippen LogP contribution in [0.1, 0.15) is 13.8 Å². The van der Waals surface area contributed by atoms with Crippen LogP contribution < -0.4 is 10.1 Å². The number of para-hydroxylation sites is 1. The lowest BCUT2D eigenvalue weighted by Crippen LogP contribution is -2.54. The summed E-state index contributed by atoms with van der Waals surface area (Å²) in [5.41, 5.74) is 0. The van der Waals surface area contributed by atoms with E-state index in [-0.39, 0.29) is 11.9 Å². The lowest BCUT2D eigenvalue weighted by atomic mass is 10.2. The Kier molecular flexibility index (Phi) is 6.68. The van der Waals surface area contributed by atoms with Crippen LogP contribution in [0.25, 0.3) is 0 Å². The highest BCUT2D eigenvalue weighted by molar-refractivity contribution is 5.81. The lowest BCUT2D eigenvalue weighted by molar-refractivity contribution is -0.126. The number of hydrogen-bond donors (Lipinski definition) is 1. The van der Waals surface area contributed by atoms with E-state index in [9.17, 15) is 4.79 Å². The molecule has 0 bridgehead atoms. The van der Waals surface area contributed by atoms with Crippen molar-refractivity contribution in [1.29, 1.82) is 0 Å². The third kappa shape index (κ3) is 5.00. The number of carbonyl (C=O) groups is 1. The SMILES string of the molecule is CCNC(=O)[C@H](C)N1CCN(CCOc2ccccc2)CC1. The van der Waals surface area contributed by atoms with Gasteiger partial charge in [-0.1, -0.05) is 18.2 Å². The summed E-state index contributed by atoms with van der Waals surface area (Å²) in [7, 11) is 0. The van der Waals surface area contributed by atoms with Crippen LogP contribution in [0.2, 0.25) is 0 Å². The van der Waals surface area contributed by atoms with E-state index < -0.39 is 0 Å². The summed E-state index contributed by atoms with van der Waals surface area (Å²) in [6.45, 7) is 10.1. The Morgan fingerprint density at radius 1 is 1.23 bits per heavy atom.